The van der Waals surface area contributed by atoms with Crippen molar-refractivity contribution in [2.45, 2.75) is 25.3 Å². The lowest BCUT2D eigenvalue weighted by Gasteiger charge is -2.32. The number of likely N-dealkylation sites (N-methyl/N-ethyl adjacent to an activating group) is 1. The second-order valence-corrected chi connectivity index (χ2v) is 5.33. The van der Waals surface area contributed by atoms with E-state index in [-0.39, 0.29) is 12.5 Å². The highest BCUT2D eigenvalue weighted by atomic mass is 16.5. The van der Waals surface area contributed by atoms with Gasteiger partial charge in [0.15, 0.2) is 6.61 Å². The summed E-state index contributed by atoms with van der Waals surface area (Å²) in [5, 5.41) is 11.9. The van der Waals surface area contributed by atoms with E-state index in [4.69, 9.17) is 10.00 Å². The average molecular weight is 287 g/mol. The molecule has 0 radical (unpaired) electrons. The molecular formula is C16H21N3O2. The zero-order chi connectivity index (χ0) is 15.1. The highest BCUT2D eigenvalue weighted by Crippen LogP contribution is 2.16. The van der Waals surface area contributed by atoms with Crippen molar-refractivity contribution in [2.75, 3.05) is 26.7 Å². The monoisotopic (exact) mass is 287 g/mol. The fraction of sp³-hybridized carbons (Fsp3) is 0.500. The smallest absolute Gasteiger partial charge is 0.257 e. The van der Waals surface area contributed by atoms with Crippen LogP contribution in [0, 0.1) is 11.3 Å². The standard InChI is InChI=1S/C16H21N3O2/c1-19-9-5-4-7-14(19)11-18-16(20)12-21-15-8-3-2-6-13(15)10-17/h2-3,6,8,14H,4-5,7,9,11-12H2,1H3,(H,18,20). The van der Waals surface area contributed by atoms with Gasteiger partial charge in [0, 0.05) is 12.6 Å². The Morgan fingerprint density at radius 3 is 3.05 bits per heavy atom. The Balaban J connectivity index is 1.76. The molecule has 1 aromatic carbocycles. The van der Waals surface area contributed by atoms with Crippen molar-refractivity contribution >= 4 is 5.91 Å². The minimum absolute atomic E-state index is 0.0604. The van der Waals surface area contributed by atoms with E-state index in [1.54, 1.807) is 24.3 Å². The third kappa shape index (κ3) is 4.47. The largest absolute Gasteiger partial charge is 0.482 e. The second kappa shape index (κ2) is 7.65. The van der Waals surface area contributed by atoms with E-state index in [0.717, 1.165) is 13.0 Å². The maximum atomic E-state index is 11.8. The molecule has 1 N–H and O–H groups in total. The van der Waals surface area contributed by atoms with E-state index >= 15 is 0 Å². The van der Waals surface area contributed by atoms with Crippen LogP contribution in [0.25, 0.3) is 0 Å². The van der Waals surface area contributed by atoms with Crippen molar-refractivity contribution in [1.82, 2.24) is 10.2 Å². The third-order valence-electron chi connectivity index (χ3n) is 3.82. The lowest BCUT2D eigenvalue weighted by molar-refractivity contribution is -0.123. The van der Waals surface area contributed by atoms with Crippen molar-refractivity contribution < 1.29 is 9.53 Å². The predicted molar refractivity (Wildman–Crippen MR) is 79.9 cm³/mol. The molecule has 1 amide bonds. The van der Waals surface area contributed by atoms with E-state index in [9.17, 15) is 4.79 Å². The molecule has 1 fully saturated rings. The number of carbonyl (C=O) groups is 1. The van der Waals surface area contributed by atoms with Gasteiger partial charge in [-0.2, -0.15) is 5.26 Å². The molecule has 2 rings (SSSR count). The predicted octanol–water partition coefficient (Wildman–Crippen LogP) is 1.54. The molecule has 21 heavy (non-hydrogen) atoms. The van der Waals surface area contributed by atoms with Crippen LogP contribution in [0.15, 0.2) is 24.3 Å². The van der Waals surface area contributed by atoms with Crippen LogP contribution in [0.3, 0.4) is 0 Å². The Bertz CT molecular complexity index is 524. The molecular weight excluding hydrogens is 266 g/mol. The highest BCUT2D eigenvalue weighted by molar-refractivity contribution is 5.77. The van der Waals surface area contributed by atoms with Gasteiger partial charge in [0.1, 0.15) is 11.8 Å². The molecule has 0 bridgehead atoms. The van der Waals surface area contributed by atoms with Gasteiger partial charge < -0.3 is 15.0 Å². The summed E-state index contributed by atoms with van der Waals surface area (Å²) in [6.45, 7) is 1.68. The number of nitrogens with zero attached hydrogens (tertiary/aromatic N) is 2. The average Bonchev–Trinajstić information content (AvgIpc) is 2.52. The lowest BCUT2D eigenvalue weighted by Crippen LogP contribution is -2.45. The maximum Gasteiger partial charge on any atom is 0.257 e. The van der Waals surface area contributed by atoms with Gasteiger partial charge in [-0.3, -0.25) is 4.79 Å². The fourth-order valence-corrected chi connectivity index (χ4v) is 2.51. The van der Waals surface area contributed by atoms with Crippen molar-refractivity contribution in [3.8, 4) is 11.8 Å². The highest BCUT2D eigenvalue weighted by Gasteiger charge is 2.19. The minimum Gasteiger partial charge on any atom is -0.482 e. The van der Waals surface area contributed by atoms with Gasteiger partial charge in [0.2, 0.25) is 0 Å². The summed E-state index contributed by atoms with van der Waals surface area (Å²) in [6, 6.07) is 9.37. The van der Waals surface area contributed by atoms with Crippen LogP contribution in [0.2, 0.25) is 0 Å². The maximum absolute atomic E-state index is 11.8. The summed E-state index contributed by atoms with van der Waals surface area (Å²) >= 11 is 0. The normalized spacial score (nSPS) is 18.8. The molecule has 0 spiro atoms. The van der Waals surface area contributed by atoms with Crippen molar-refractivity contribution in [3.63, 3.8) is 0 Å². The summed E-state index contributed by atoms with van der Waals surface area (Å²) in [5.74, 6) is 0.298. The van der Waals surface area contributed by atoms with Crippen molar-refractivity contribution in [3.05, 3.63) is 29.8 Å². The van der Waals surface area contributed by atoms with Crippen LogP contribution in [0.4, 0.5) is 0 Å². The Hall–Kier alpha value is -2.06. The Labute approximate surface area is 125 Å². The number of piperidine rings is 1. The molecule has 1 heterocycles. The van der Waals surface area contributed by atoms with Gasteiger partial charge in [-0.1, -0.05) is 18.6 Å². The Morgan fingerprint density at radius 1 is 1.48 bits per heavy atom. The molecule has 1 aromatic rings. The number of carbonyl (C=O) groups excluding carboxylic acids is 1. The van der Waals surface area contributed by atoms with E-state index in [2.05, 4.69) is 17.3 Å². The summed E-state index contributed by atoms with van der Waals surface area (Å²) in [5.41, 5.74) is 0.442. The van der Waals surface area contributed by atoms with E-state index in [1.807, 2.05) is 6.07 Å². The number of nitriles is 1. The second-order valence-electron chi connectivity index (χ2n) is 5.33. The molecule has 112 valence electrons. The number of likely N-dealkylation sites (tertiary alicyclic amines) is 1. The summed E-state index contributed by atoms with van der Waals surface area (Å²) in [6.07, 6.45) is 3.57. The zero-order valence-corrected chi connectivity index (χ0v) is 12.3. The molecule has 0 aliphatic carbocycles. The lowest BCUT2D eigenvalue weighted by atomic mass is 10.0. The van der Waals surface area contributed by atoms with Gasteiger partial charge in [-0.05, 0) is 38.6 Å². The van der Waals surface area contributed by atoms with E-state index in [1.165, 1.54) is 12.8 Å². The Kier molecular flexibility index (Phi) is 5.59. The molecule has 5 heteroatoms. The molecule has 1 unspecified atom stereocenters. The minimum atomic E-state index is -0.151. The quantitative estimate of drug-likeness (QED) is 0.892. The SMILES string of the molecule is CN1CCCCC1CNC(=O)COc1ccccc1C#N. The first-order chi connectivity index (χ1) is 10.2. The first kappa shape index (κ1) is 15.3. The number of nitrogens with one attached hydrogen (secondary N) is 1. The van der Waals surface area contributed by atoms with Crippen LogP contribution in [0.1, 0.15) is 24.8 Å². The molecule has 1 saturated heterocycles. The van der Waals surface area contributed by atoms with Crippen molar-refractivity contribution in [2.24, 2.45) is 0 Å². The van der Waals surface area contributed by atoms with Crippen molar-refractivity contribution in [1.29, 1.82) is 5.26 Å². The number of hydrogen-bond acceptors (Lipinski definition) is 4. The summed E-state index contributed by atoms with van der Waals surface area (Å²) in [4.78, 5) is 14.1. The summed E-state index contributed by atoms with van der Waals surface area (Å²) in [7, 11) is 2.09. The van der Waals surface area contributed by atoms with Crippen LogP contribution in [-0.2, 0) is 4.79 Å². The number of rotatable bonds is 5. The first-order valence-electron chi connectivity index (χ1n) is 7.29. The van der Waals surface area contributed by atoms with Gasteiger partial charge in [-0.15, -0.1) is 0 Å². The third-order valence-corrected chi connectivity index (χ3v) is 3.82. The van der Waals surface area contributed by atoms with Gasteiger partial charge in [0.05, 0.1) is 5.56 Å². The van der Waals surface area contributed by atoms with Crippen LogP contribution in [-0.4, -0.2) is 43.6 Å². The van der Waals surface area contributed by atoms with Crippen LogP contribution < -0.4 is 10.1 Å². The number of hydrogen-bond donors (Lipinski definition) is 1. The van der Waals surface area contributed by atoms with Gasteiger partial charge in [-0.25, -0.2) is 0 Å². The Morgan fingerprint density at radius 2 is 2.29 bits per heavy atom. The van der Waals surface area contributed by atoms with Crippen LogP contribution >= 0.6 is 0 Å². The molecule has 1 aliphatic rings. The molecule has 1 aliphatic heterocycles. The number of amides is 1. The number of ether oxygens (including phenoxy) is 1. The first-order valence-corrected chi connectivity index (χ1v) is 7.29. The molecule has 0 aromatic heterocycles. The van der Waals surface area contributed by atoms with Gasteiger partial charge >= 0.3 is 0 Å². The van der Waals surface area contributed by atoms with E-state index in [0.29, 0.717) is 23.9 Å². The number of benzene rings is 1. The number of para-hydroxylation sites is 1. The van der Waals surface area contributed by atoms with Gasteiger partial charge in [0.25, 0.3) is 5.91 Å². The van der Waals surface area contributed by atoms with Crippen LogP contribution in [0.5, 0.6) is 5.75 Å². The molecule has 1 atom stereocenters. The van der Waals surface area contributed by atoms with E-state index < -0.39 is 0 Å². The molecule has 0 saturated carbocycles. The fourth-order valence-electron chi connectivity index (χ4n) is 2.51. The topological polar surface area (TPSA) is 65.4 Å². The summed E-state index contributed by atoms with van der Waals surface area (Å²) < 4.78 is 5.41. The zero-order valence-electron chi connectivity index (χ0n) is 12.3. The molecule has 5 nitrogen and oxygen atoms in total.